The van der Waals surface area contributed by atoms with E-state index < -0.39 is 0 Å². The molecule has 0 aliphatic carbocycles. The van der Waals surface area contributed by atoms with Crippen molar-refractivity contribution in [2.24, 2.45) is 0 Å². The normalized spacial score (nSPS) is 20.9. The van der Waals surface area contributed by atoms with Crippen molar-refractivity contribution >= 4 is 17.4 Å². The summed E-state index contributed by atoms with van der Waals surface area (Å²) in [5, 5.41) is 3.33. The van der Waals surface area contributed by atoms with E-state index in [0.717, 1.165) is 36.0 Å². The monoisotopic (exact) mass is 238 g/mol. The number of ether oxygens (including phenoxy) is 1. The molecule has 1 heterocycles. The first-order chi connectivity index (χ1) is 7.75. The Labute approximate surface area is 101 Å². The first kappa shape index (κ1) is 11.8. The van der Waals surface area contributed by atoms with Crippen LogP contribution in [-0.4, -0.2) is 31.6 Å². The van der Waals surface area contributed by atoms with Gasteiger partial charge >= 0.3 is 0 Å². The molecule has 16 heavy (non-hydrogen) atoms. The zero-order valence-electron chi connectivity index (χ0n) is 9.53. The molecule has 1 saturated heterocycles. The van der Waals surface area contributed by atoms with Gasteiger partial charge in [0.25, 0.3) is 0 Å². The molecule has 1 aliphatic heterocycles. The summed E-state index contributed by atoms with van der Waals surface area (Å²) >= 11 is 1.77. The van der Waals surface area contributed by atoms with Crippen LogP contribution < -0.4 is 11.1 Å². The van der Waals surface area contributed by atoms with Crippen LogP contribution in [0.4, 0.5) is 5.69 Å². The summed E-state index contributed by atoms with van der Waals surface area (Å²) in [6.45, 7) is 4.78. The maximum absolute atomic E-state index is 5.96. The third kappa shape index (κ3) is 3.14. The van der Waals surface area contributed by atoms with Crippen LogP contribution in [0, 0.1) is 6.92 Å². The van der Waals surface area contributed by atoms with Crippen LogP contribution in [0.1, 0.15) is 5.56 Å². The highest BCUT2D eigenvalue weighted by atomic mass is 32.2. The molecule has 1 aromatic carbocycles. The maximum Gasteiger partial charge on any atom is 0.0793 e. The summed E-state index contributed by atoms with van der Waals surface area (Å²) in [5.74, 6) is 0.959. The highest BCUT2D eigenvalue weighted by Gasteiger charge is 2.13. The minimum atomic E-state index is 0.305. The van der Waals surface area contributed by atoms with Crippen molar-refractivity contribution in [3.8, 4) is 0 Å². The fraction of sp³-hybridized carbons (Fsp3) is 0.500. The van der Waals surface area contributed by atoms with E-state index in [2.05, 4.69) is 24.4 Å². The van der Waals surface area contributed by atoms with E-state index in [1.807, 2.05) is 6.07 Å². The lowest BCUT2D eigenvalue weighted by molar-refractivity contribution is 0.0441. The van der Waals surface area contributed by atoms with Gasteiger partial charge in [-0.2, -0.15) is 0 Å². The predicted molar refractivity (Wildman–Crippen MR) is 68.9 cm³/mol. The second-order valence-corrected chi connectivity index (χ2v) is 5.11. The SMILES string of the molecule is Cc1ccc(SCC2CNCCO2)c(N)c1. The van der Waals surface area contributed by atoms with Gasteiger partial charge in [0, 0.05) is 29.4 Å². The standard InChI is InChI=1S/C12H18N2OS/c1-9-2-3-12(11(13)6-9)16-8-10-7-14-4-5-15-10/h2-3,6,10,14H,4-5,7-8,13H2,1H3. The second kappa shape index (κ2) is 5.57. The van der Waals surface area contributed by atoms with Crippen LogP contribution in [0.2, 0.25) is 0 Å². The van der Waals surface area contributed by atoms with Crippen LogP contribution in [0.3, 0.4) is 0 Å². The molecule has 0 spiro atoms. The van der Waals surface area contributed by atoms with Crippen molar-refractivity contribution < 1.29 is 4.74 Å². The molecule has 0 bridgehead atoms. The molecule has 1 aromatic rings. The number of benzene rings is 1. The topological polar surface area (TPSA) is 47.3 Å². The Bertz CT molecular complexity index is 351. The van der Waals surface area contributed by atoms with E-state index in [1.54, 1.807) is 11.8 Å². The molecular weight excluding hydrogens is 220 g/mol. The number of hydrogen-bond donors (Lipinski definition) is 2. The average molecular weight is 238 g/mol. The number of morpholine rings is 1. The van der Waals surface area contributed by atoms with Crippen molar-refractivity contribution in [3.05, 3.63) is 23.8 Å². The van der Waals surface area contributed by atoms with Gasteiger partial charge in [0.15, 0.2) is 0 Å². The summed E-state index contributed by atoms with van der Waals surface area (Å²) in [6.07, 6.45) is 0.305. The minimum Gasteiger partial charge on any atom is -0.398 e. The Hall–Kier alpha value is -0.710. The maximum atomic E-state index is 5.96. The quantitative estimate of drug-likeness (QED) is 0.621. The van der Waals surface area contributed by atoms with Gasteiger partial charge in [0.1, 0.15) is 0 Å². The number of hydrogen-bond acceptors (Lipinski definition) is 4. The highest BCUT2D eigenvalue weighted by molar-refractivity contribution is 7.99. The van der Waals surface area contributed by atoms with Crippen molar-refractivity contribution in [2.75, 3.05) is 31.2 Å². The molecule has 3 nitrogen and oxygen atoms in total. The summed E-state index contributed by atoms with van der Waals surface area (Å²) in [7, 11) is 0. The first-order valence-electron chi connectivity index (χ1n) is 5.57. The summed E-state index contributed by atoms with van der Waals surface area (Å²) in [5.41, 5.74) is 8.03. The number of aryl methyl sites for hydroxylation is 1. The van der Waals surface area contributed by atoms with Crippen molar-refractivity contribution in [2.45, 2.75) is 17.9 Å². The molecule has 0 amide bonds. The fourth-order valence-corrected chi connectivity index (χ4v) is 2.68. The first-order valence-corrected chi connectivity index (χ1v) is 6.55. The fourth-order valence-electron chi connectivity index (χ4n) is 1.71. The molecule has 0 radical (unpaired) electrons. The number of nitrogen functional groups attached to an aromatic ring is 1. The molecule has 1 fully saturated rings. The Kier molecular flexibility index (Phi) is 4.09. The van der Waals surface area contributed by atoms with Gasteiger partial charge in [-0.05, 0) is 24.6 Å². The predicted octanol–water partition coefficient (Wildman–Crippen LogP) is 1.66. The third-order valence-electron chi connectivity index (χ3n) is 2.59. The molecule has 88 valence electrons. The summed E-state index contributed by atoms with van der Waals surface area (Å²) in [4.78, 5) is 1.15. The van der Waals surface area contributed by atoms with E-state index in [9.17, 15) is 0 Å². The molecule has 0 aromatic heterocycles. The molecule has 1 unspecified atom stereocenters. The van der Waals surface area contributed by atoms with Gasteiger partial charge in [0.2, 0.25) is 0 Å². The smallest absolute Gasteiger partial charge is 0.0793 e. The van der Waals surface area contributed by atoms with Gasteiger partial charge in [-0.15, -0.1) is 11.8 Å². The van der Waals surface area contributed by atoms with Crippen molar-refractivity contribution in [1.82, 2.24) is 5.32 Å². The van der Waals surface area contributed by atoms with E-state index in [-0.39, 0.29) is 0 Å². The largest absolute Gasteiger partial charge is 0.398 e. The van der Waals surface area contributed by atoms with E-state index in [1.165, 1.54) is 5.56 Å². The molecule has 0 saturated carbocycles. The molecule has 3 N–H and O–H groups in total. The van der Waals surface area contributed by atoms with Crippen LogP contribution >= 0.6 is 11.8 Å². The molecular formula is C12H18N2OS. The lowest BCUT2D eigenvalue weighted by atomic mass is 10.2. The van der Waals surface area contributed by atoms with Gasteiger partial charge < -0.3 is 15.8 Å². The van der Waals surface area contributed by atoms with Crippen LogP contribution in [0.5, 0.6) is 0 Å². The number of thioether (sulfide) groups is 1. The third-order valence-corrected chi connectivity index (χ3v) is 3.82. The molecule has 1 aliphatic rings. The summed E-state index contributed by atoms with van der Waals surface area (Å²) < 4.78 is 5.64. The Balaban J connectivity index is 1.88. The highest BCUT2D eigenvalue weighted by Crippen LogP contribution is 2.26. The number of nitrogens with one attached hydrogen (secondary N) is 1. The zero-order chi connectivity index (χ0) is 11.4. The van der Waals surface area contributed by atoms with Crippen LogP contribution in [0.15, 0.2) is 23.1 Å². The van der Waals surface area contributed by atoms with E-state index in [4.69, 9.17) is 10.5 Å². The second-order valence-electron chi connectivity index (χ2n) is 4.05. The Morgan fingerprint density at radius 2 is 2.44 bits per heavy atom. The minimum absolute atomic E-state index is 0.305. The Morgan fingerprint density at radius 1 is 1.56 bits per heavy atom. The van der Waals surface area contributed by atoms with Crippen molar-refractivity contribution in [1.29, 1.82) is 0 Å². The number of nitrogens with two attached hydrogens (primary N) is 1. The molecule has 4 heteroatoms. The van der Waals surface area contributed by atoms with Gasteiger partial charge in [0.05, 0.1) is 12.7 Å². The lowest BCUT2D eigenvalue weighted by Gasteiger charge is -2.23. The lowest BCUT2D eigenvalue weighted by Crippen LogP contribution is -2.39. The molecule has 2 rings (SSSR count). The van der Waals surface area contributed by atoms with Crippen molar-refractivity contribution in [3.63, 3.8) is 0 Å². The van der Waals surface area contributed by atoms with E-state index >= 15 is 0 Å². The van der Waals surface area contributed by atoms with E-state index in [0.29, 0.717) is 6.10 Å². The average Bonchev–Trinajstić information content (AvgIpc) is 2.29. The summed E-state index contributed by atoms with van der Waals surface area (Å²) in [6, 6.07) is 6.20. The van der Waals surface area contributed by atoms with Crippen LogP contribution in [-0.2, 0) is 4.74 Å². The molecule has 1 atom stereocenters. The zero-order valence-corrected chi connectivity index (χ0v) is 10.3. The number of anilines is 1. The van der Waals surface area contributed by atoms with Gasteiger partial charge in [-0.25, -0.2) is 0 Å². The van der Waals surface area contributed by atoms with Crippen LogP contribution in [0.25, 0.3) is 0 Å². The Morgan fingerprint density at radius 3 is 3.12 bits per heavy atom. The van der Waals surface area contributed by atoms with Gasteiger partial charge in [-0.1, -0.05) is 6.07 Å². The number of rotatable bonds is 3. The van der Waals surface area contributed by atoms with Gasteiger partial charge in [-0.3, -0.25) is 0 Å².